The van der Waals surface area contributed by atoms with Crippen LogP contribution in [-0.2, 0) is 17.3 Å². The van der Waals surface area contributed by atoms with E-state index in [1.807, 2.05) is 6.07 Å². The highest BCUT2D eigenvalue weighted by Crippen LogP contribution is 2.08. The van der Waals surface area contributed by atoms with Gasteiger partial charge in [0.2, 0.25) is 0 Å². The third-order valence-electron chi connectivity index (χ3n) is 2.70. The van der Waals surface area contributed by atoms with Crippen molar-refractivity contribution in [1.82, 2.24) is 4.57 Å². The minimum Gasteiger partial charge on any atom is -0.308 e. The first-order chi connectivity index (χ1) is 9.58. The molecule has 2 rings (SSSR count). The van der Waals surface area contributed by atoms with Crippen molar-refractivity contribution in [1.29, 1.82) is 0 Å². The molecule has 0 N–H and O–H groups in total. The number of nitro groups is 1. The Hall–Kier alpha value is -2.28. The molecule has 0 spiro atoms. The average Bonchev–Trinajstić information content (AvgIpc) is 2.46. The zero-order chi connectivity index (χ0) is 14.5. The molecule has 7 heteroatoms. The fraction of sp³-hybridized carbons (Fsp3) is 0.154. The number of aromatic nitrogens is 1. The Morgan fingerprint density at radius 3 is 2.50 bits per heavy atom. The van der Waals surface area contributed by atoms with Crippen LogP contribution in [0.3, 0.4) is 0 Å². The van der Waals surface area contributed by atoms with E-state index in [4.69, 9.17) is 0 Å². The van der Waals surface area contributed by atoms with Crippen LogP contribution in [-0.4, -0.2) is 19.5 Å². The number of pyridine rings is 1. The van der Waals surface area contributed by atoms with Gasteiger partial charge in [0.1, 0.15) is 0 Å². The lowest BCUT2D eigenvalue weighted by Crippen LogP contribution is -2.21. The summed E-state index contributed by atoms with van der Waals surface area (Å²) in [6.07, 6.45) is 1.17. The third kappa shape index (κ3) is 3.39. The van der Waals surface area contributed by atoms with E-state index in [1.165, 1.54) is 10.8 Å². The van der Waals surface area contributed by atoms with E-state index >= 15 is 0 Å². The lowest BCUT2D eigenvalue weighted by Gasteiger charge is -2.05. The first-order valence-electron chi connectivity index (χ1n) is 5.86. The largest absolute Gasteiger partial charge is 0.308 e. The molecule has 0 amide bonds. The number of benzene rings is 1. The maximum atomic E-state index is 12.0. The molecular formula is C13H12N2O4S. The van der Waals surface area contributed by atoms with Gasteiger partial charge < -0.3 is 4.57 Å². The molecule has 2 aromatic rings. The number of nitrogens with zero attached hydrogens (tertiary/aromatic N) is 2. The molecule has 0 fully saturated rings. The maximum absolute atomic E-state index is 12.0. The highest BCUT2D eigenvalue weighted by Gasteiger charge is 2.09. The molecule has 6 nitrogen and oxygen atoms in total. The van der Waals surface area contributed by atoms with Gasteiger partial charge in [-0.25, -0.2) is 0 Å². The summed E-state index contributed by atoms with van der Waals surface area (Å²) in [7, 11) is -1.24. The minimum absolute atomic E-state index is 0.157. The van der Waals surface area contributed by atoms with Crippen LogP contribution in [0, 0.1) is 10.1 Å². The number of hydrogen-bond donors (Lipinski definition) is 0. The molecule has 0 aliphatic rings. The van der Waals surface area contributed by atoms with Gasteiger partial charge in [0.05, 0.1) is 21.9 Å². The Labute approximate surface area is 117 Å². The summed E-state index contributed by atoms with van der Waals surface area (Å²) in [5.74, 6) is 0.227. The molecule has 0 saturated carbocycles. The van der Waals surface area contributed by atoms with Crippen molar-refractivity contribution >= 4 is 16.5 Å². The predicted octanol–water partition coefficient (Wildman–Crippen LogP) is 1.56. The quantitative estimate of drug-likeness (QED) is 0.618. The molecule has 1 aromatic carbocycles. The zero-order valence-corrected chi connectivity index (χ0v) is 11.3. The Morgan fingerprint density at radius 1 is 1.15 bits per heavy atom. The molecule has 0 saturated heterocycles. The maximum Gasteiger partial charge on any atom is 0.285 e. The molecule has 1 aromatic heterocycles. The van der Waals surface area contributed by atoms with E-state index in [0.717, 1.165) is 12.1 Å². The fourth-order valence-electron chi connectivity index (χ4n) is 1.67. The van der Waals surface area contributed by atoms with E-state index in [9.17, 15) is 19.1 Å². The Balaban J connectivity index is 2.11. The summed E-state index contributed by atoms with van der Waals surface area (Å²) in [5.41, 5.74) is -0.504. The molecule has 1 atom stereocenters. The van der Waals surface area contributed by atoms with Crippen LogP contribution in [0.2, 0.25) is 0 Å². The van der Waals surface area contributed by atoms with Gasteiger partial charge in [-0.2, -0.15) is 0 Å². The van der Waals surface area contributed by atoms with Gasteiger partial charge in [-0.3, -0.25) is 19.1 Å². The summed E-state index contributed by atoms with van der Waals surface area (Å²) >= 11 is 0. The SMILES string of the molecule is O=c1ccc([N+](=O)[O-])cn1CCS(=O)c1ccccc1. The fourth-order valence-corrected chi connectivity index (χ4v) is 2.73. The molecule has 1 unspecified atom stereocenters. The van der Waals surface area contributed by atoms with E-state index in [0.29, 0.717) is 4.90 Å². The summed E-state index contributed by atoms with van der Waals surface area (Å²) in [6.45, 7) is 0.169. The second kappa shape index (κ2) is 6.25. The molecular weight excluding hydrogens is 280 g/mol. The van der Waals surface area contributed by atoms with E-state index < -0.39 is 15.7 Å². The van der Waals surface area contributed by atoms with Crippen molar-refractivity contribution in [2.45, 2.75) is 11.4 Å². The minimum atomic E-state index is -1.24. The summed E-state index contributed by atoms with van der Waals surface area (Å²) in [4.78, 5) is 22.3. The van der Waals surface area contributed by atoms with Gasteiger partial charge in [-0.05, 0) is 12.1 Å². The second-order valence-electron chi connectivity index (χ2n) is 4.04. The van der Waals surface area contributed by atoms with Crippen LogP contribution in [0.15, 0.2) is 58.4 Å². The Morgan fingerprint density at radius 2 is 1.85 bits per heavy atom. The zero-order valence-electron chi connectivity index (χ0n) is 10.5. The summed E-state index contributed by atoms with van der Waals surface area (Å²) in [6, 6.07) is 11.2. The Kier molecular flexibility index (Phi) is 4.41. The van der Waals surface area contributed by atoms with Crippen LogP contribution in [0.25, 0.3) is 0 Å². The van der Waals surface area contributed by atoms with Crippen LogP contribution < -0.4 is 5.56 Å². The van der Waals surface area contributed by atoms with E-state index in [-0.39, 0.29) is 23.5 Å². The number of aryl methyl sites for hydroxylation is 1. The Bertz CT molecular complexity index is 697. The van der Waals surface area contributed by atoms with E-state index in [2.05, 4.69) is 0 Å². The standard InChI is InChI=1S/C13H12N2O4S/c16-13-7-6-11(15(17)18)10-14(13)8-9-20(19)12-4-2-1-3-5-12/h1-7,10H,8-9H2. The number of hydrogen-bond acceptors (Lipinski definition) is 4. The van der Waals surface area contributed by atoms with Gasteiger partial charge in [0, 0.05) is 29.3 Å². The van der Waals surface area contributed by atoms with Crippen LogP contribution >= 0.6 is 0 Å². The van der Waals surface area contributed by atoms with Crippen molar-refractivity contribution in [3.63, 3.8) is 0 Å². The highest BCUT2D eigenvalue weighted by molar-refractivity contribution is 7.85. The average molecular weight is 292 g/mol. The van der Waals surface area contributed by atoms with Gasteiger partial charge >= 0.3 is 0 Å². The number of rotatable bonds is 5. The van der Waals surface area contributed by atoms with Crippen molar-refractivity contribution in [3.05, 3.63) is 69.1 Å². The molecule has 0 radical (unpaired) electrons. The van der Waals surface area contributed by atoms with E-state index in [1.54, 1.807) is 24.3 Å². The van der Waals surface area contributed by atoms with Crippen molar-refractivity contribution in [2.24, 2.45) is 0 Å². The molecule has 20 heavy (non-hydrogen) atoms. The highest BCUT2D eigenvalue weighted by atomic mass is 32.2. The first-order valence-corrected chi connectivity index (χ1v) is 7.18. The lowest BCUT2D eigenvalue weighted by atomic mass is 10.4. The lowest BCUT2D eigenvalue weighted by molar-refractivity contribution is -0.385. The van der Waals surface area contributed by atoms with Gasteiger partial charge in [-0.15, -0.1) is 0 Å². The molecule has 0 aliphatic carbocycles. The monoisotopic (exact) mass is 292 g/mol. The van der Waals surface area contributed by atoms with Gasteiger partial charge in [0.25, 0.3) is 11.2 Å². The molecule has 1 heterocycles. The second-order valence-corrected chi connectivity index (χ2v) is 5.61. The smallest absolute Gasteiger partial charge is 0.285 e. The van der Waals surface area contributed by atoms with Crippen molar-refractivity contribution < 1.29 is 9.13 Å². The third-order valence-corrected chi connectivity index (χ3v) is 4.05. The van der Waals surface area contributed by atoms with Crippen LogP contribution in [0.4, 0.5) is 5.69 Å². The van der Waals surface area contributed by atoms with Crippen LogP contribution in [0.1, 0.15) is 0 Å². The predicted molar refractivity (Wildman–Crippen MR) is 75.1 cm³/mol. The summed E-state index contributed by atoms with van der Waals surface area (Å²) in [5, 5.41) is 10.7. The topological polar surface area (TPSA) is 82.2 Å². The van der Waals surface area contributed by atoms with Gasteiger partial charge in [-0.1, -0.05) is 18.2 Å². The van der Waals surface area contributed by atoms with Crippen molar-refractivity contribution in [2.75, 3.05) is 5.75 Å². The van der Waals surface area contributed by atoms with Crippen LogP contribution in [0.5, 0.6) is 0 Å². The molecule has 0 aliphatic heterocycles. The summed E-state index contributed by atoms with van der Waals surface area (Å²) < 4.78 is 13.2. The first kappa shape index (κ1) is 14.1. The van der Waals surface area contributed by atoms with Crippen molar-refractivity contribution in [3.8, 4) is 0 Å². The van der Waals surface area contributed by atoms with Gasteiger partial charge in [0.15, 0.2) is 0 Å². The molecule has 0 bridgehead atoms. The molecule has 104 valence electrons. The normalized spacial score (nSPS) is 12.0.